The highest BCUT2D eigenvalue weighted by atomic mass is 16.7. The van der Waals surface area contributed by atoms with Crippen molar-refractivity contribution >= 4 is 16.7 Å². The second-order valence-electron chi connectivity index (χ2n) is 10.6. The molecule has 206 valence electrons. The lowest BCUT2D eigenvalue weighted by Gasteiger charge is -2.38. The quantitative estimate of drug-likeness (QED) is 0.350. The first-order valence-corrected chi connectivity index (χ1v) is 14.2. The fraction of sp³-hybridized carbons (Fsp3) is 0.333. The van der Waals surface area contributed by atoms with Crippen molar-refractivity contribution in [2.24, 2.45) is 0 Å². The summed E-state index contributed by atoms with van der Waals surface area (Å²) >= 11 is 0. The van der Waals surface area contributed by atoms with Gasteiger partial charge in [-0.1, -0.05) is 73.7 Å². The summed E-state index contributed by atoms with van der Waals surface area (Å²) in [6, 6.07) is 26.9. The van der Waals surface area contributed by atoms with E-state index in [1.54, 1.807) is 4.57 Å². The number of carbonyl (C=O) groups excluding carboxylic acids is 1. The minimum absolute atomic E-state index is 0.126. The molecule has 7 nitrogen and oxygen atoms in total. The molecule has 0 saturated carbocycles. The van der Waals surface area contributed by atoms with E-state index in [4.69, 9.17) is 9.47 Å². The smallest absolute Gasteiger partial charge is 0.263 e. The number of amides is 1. The summed E-state index contributed by atoms with van der Waals surface area (Å²) in [6.45, 7) is 5.27. The summed E-state index contributed by atoms with van der Waals surface area (Å²) in [6.07, 6.45) is 2.25. The highest BCUT2D eigenvalue weighted by Gasteiger charge is 2.40. The van der Waals surface area contributed by atoms with Crippen LogP contribution < -0.4 is 10.9 Å². The number of pyridine rings is 1. The van der Waals surface area contributed by atoms with Crippen LogP contribution in [0, 0.1) is 0 Å². The zero-order valence-corrected chi connectivity index (χ0v) is 22.8. The maximum Gasteiger partial charge on any atom is 0.263 e. The van der Waals surface area contributed by atoms with Gasteiger partial charge in [-0.05, 0) is 30.2 Å². The molecule has 1 N–H and O–H groups in total. The van der Waals surface area contributed by atoms with E-state index >= 15 is 0 Å². The lowest BCUT2D eigenvalue weighted by Crippen LogP contribution is -2.45. The van der Waals surface area contributed by atoms with Crippen molar-refractivity contribution in [2.75, 3.05) is 26.3 Å². The molecule has 3 aromatic carbocycles. The Kier molecular flexibility index (Phi) is 7.52. The largest absolute Gasteiger partial charge is 0.347 e. The average Bonchev–Trinajstić information content (AvgIpc) is 3.46. The van der Waals surface area contributed by atoms with Crippen LogP contribution in [-0.2, 0) is 16.0 Å². The summed E-state index contributed by atoms with van der Waals surface area (Å²) < 4.78 is 13.6. The van der Waals surface area contributed by atoms with Crippen molar-refractivity contribution in [3.8, 4) is 5.69 Å². The van der Waals surface area contributed by atoms with E-state index in [2.05, 4.69) is 17.1 Å². The van der Waals surface area contributed by atoms with Gasteiger partial charge in [-0.2, -0.15) is 0 Å². The van der Waals surface area contributed by atoms with Crippen molar-refractivity contribution in [3.05, 3.63) is 112 Å². The van der Waals surface area contributed by atoms with Crippen LogP contribution in [0.2, 0.25) is 0 Å². The number of aromatic nitrogens is 1. The van der Waals surface area contributed by atoms with E-state index < -0.39 is 5.79 Å². The third-order valence-corrected chi connectivity index (χ3v) is 8.15. The zero-order valence-electron chi connectivity index (χ0n) is 22.8. The fourth-order valence-electron chi connectivity index (χ4n) is 6.04. The van der Waals surface area contributed by atoms with Crippen LogP contribution in [0.15, 0.2) is 89.7 Å². The minimum Gasteiger partial charge on any atom is -0.347 e. The number of hydrogen-bond donors (Lipinski definition) is 1. The number of ether oxygens (including phenoxy) is 2. The van der Waals surface area contributed by atoms with Crippen molar-refractivity contribution in [2.45, 2.75) is 44.6 Å². The van der Waals surface area contributed by atoms with Gasteiger partial charge in [0.05, 0.1) is 30.5 Å². The molecule has 0 bridgehead atoms. The first-order chi connectivity index (χ1) is 19.6. The molecule has 1 atom stereocenters. The van der Waals surface area contributed by atoms with E-state index in [-0.39, 0.29) is 17.5 Å². The highest BCUT2D eigenvalue weighted by Crippen LogP contribution is 2.33. The highest BCUT2D eigenvalue weighted by molar-refractivity contribution is 6.08. The Hall–Kier alpha value is -3.78. The van der Waals surface area contributed by atoms with E-state index in [0.29, 0.717) is 41.8 Å². The lowest BCUT2D eigenvalue weighted by molar-refractivity contribution is -0.185. The molecule has 40 heavy (non-hydrogen) atoms. The number of hydrogen-bond acceptors (Lipinski definition) is 5. The van der Waals surface area contributed by atoms with Gasteiger partial charge in [0.15, 0.2) is 5.79 Å². The summed E-state index contributed by atoms with van der Waals surface area (Å²) in [4.78, 5) is 30.6. The Balaban J connectivity index is 1.46. The molecule has 1 aromatic heterocycles. The number of piperidine rings is 1. The molecular formula is C33H35N3O4. The number of para-hydroxylation sites is 1. The van der Waals surface area contributed by atoms with Gasteiger partial charge in [-0.15, -0.1) is 0 Å². The monoisotopic (exact) mass is 537 g/mol. The van der Waals surface area contributed by atoms with Gasteiger partial charge in [0.2, 0.25) is 0 Å². The van der Waals surface area contributed by atoms with Gasteiger partial charge in [0, 0.05) is 48.9 Å². The molecule has 0 aliphatic carbocycles. The molecule has 6 rings (SSSR count). The van der Waals surface area contributed by atoms with Crippen LogP contribution in [0.3, 0.4) is 0 Å². The SMILES string of the molecule is CCC(NC(=O)c1c(CN2CCC3(CC2)OCCO3)n(-c2ccccc2)c(=O)c2ccccc12)c1ccccc1. The maximum atomic E-state index is 14.3. The number of nitrogens with zero attached hydrogens (tertiary/aromatic N) is 2. The minimum atomic E-state index is -0.497. The molecule has 1 amide bonds. The molecule has 1 unspecified atom stereocenters. The standard InChI is InChI=1S/C33H35N3O4/c1-2-28(24-11-5-3-6-12-24)34-31(37)30-26-15-9-10-16-27(26)32(38)36(25-13-7-4-8-14-25)29(30)23-35-19-17-33(18-20-35)39-21-22-40-33/h3-16,28H,2,17-23H2,1H3,(H,34,37). The lowest BCUT2D eigenvalue weighted by atomic mass is 9.98. The molecule has 2 aliphatic rings. The summed E-state index contributed by atoms with van der Waals surface area (Å²) in [5, 5.41) is 4.49. The van der Waals surface area contributed by atoms with Crippen LogP contribution >= 0.6 is 0 Å². The van der Waals surface area contributed by atoms with Crippen LogP contribution in [0.1, 0.15) is 53.8 Å². The van der Waals surface area contributed by atoms with Crippen LogP contribution in [0.5, 0.6) is 0 Å². The molecule has 0 radical (unpaired) electrons. The molecule has 3 heterocycles. The third kappa shape index (κ3) is 5.08. The fourth-order valence-corrected chi connectivity index (χ4v) is 6.04. The van der Waals surface area contributed by atoms with Gasteiger partial charge >= 0.3 is 0 Å². The second-order valence-corrected chi connectivity index (χ2v) is 10.6. The molecular weight excluding hydrogens is 502 g/mol. The number of fused-ring (bicyclic) bond motifs is 1. The Labute approximate surface area is 234 Å². The molecule has 2 fully saturated rings. The number of likely N-dealkylation sites (tertiary alicyclic amines) is 1. The molecule has 2 saturated heterocycles. The van der Waals surface area contributed by atoms with Crippen LogP contribution in [0.25, 0.3) is 16.5 Å². The van der Waals surface area contributed by atoms with Gasteiger partial charge in [0.25, 0.3) is 11.5 Å². The van der Waals surface area contributed by atoms with Gasteiger partial charge in [0.1, 0.15) is 0 Å². The summed E-state index contributed by atoms with van der Waals surface area (Å²) in [5.74, 6) is -0.675. The summed E-state index contributed by atoms with van der Waals surface area (Å²) in [7, 11) is 0. The predicted molar refractivity (Wildman–Crippen MR) is 156 cm³/mol. The normalized spacial score (nSPS) is 17.7. The van der Waals surface area contributed by atoms with Crippen molar-refractivity contribution in [1.29, 1.82) is 0 Å². The van der Waals surface area contributed by atoms with Gasteiger partial charge in [-0.25, -0.2) is 0 Å². The predicted octanol–water partition coefficient (Wildman–Crippen LogP) is 5.21. The Morgan fingerprint density at radius 3 is 2.12 bits per heavy atom. The molecule has 4 aromatic rings. The van der Waals surface area contributed by atoms with Crippen molar-refractivity contribution < 1.29 is 14.3 Å². The van der Waals surface area contributed by atoms with Crippen molar-refractivity contribution in [3.63, 3.8) is 0 Å². The van der Waals surface area contributed by atoms with Gasteiger partial charge in [-0.3, -0.25) is 19.1 Å². The Morgan fingerprint density at radius 1 is 0.875 bits per heavy atom. The molecule has 7 heteroatoms. The topological polar surface area (TPSA) is 72.8 Å². The zero-order chi connectivity index (χ0) is 27.5. The maximum absolute atomic E-state index is 14.3. The first-order valence-electron chi connectivity index (χ1n) is 14.2. The van der Waals surface area contributed by atoms with E-state index in [0.717, 1.165) is 43.6 Å². The number of rotatable bonds is 7. The van der Waals surface area contributed by atoms with Crippen LogP contribution in [0.4, 0.5) is 0 Å². The number of nitrogens with one attached hydrogen (secondary N) is 1. The second kappa shape index (κ2) is 11.4. The first kappa shape index (κ1) is 26.4. The molecule has 1 spiro atoms. The Bertz CT molecular complexity index is 1540. The third-order valence-electron chi connectivity index (χ3n) is 8.15. The van der Waals surface area contributed by atoms with E-state index in [1.165, 1.54) is 0 Å². The van der Waals surface area contributed by atoms with Crippen molar-refractivity contribution in [1.82, 2.24) is 14.8 Å². The number of carbonyl (C=O) groups is 1. The number of benzene rings is 3. The Morgan fingerprint density at radius 2 is 1.48 bits per heavy atom. The van der Waals surface area contributed by atoms with Crippen LogP contribution in [-0.4, -0.2) is 47.5 Å². The van der Waals surface area contributed by atoms with E-state index in [1.807, 2.05) is 84.9 Å². The average molecular weight is 538 g/mol. The molecule has 2 aliphatic heterocycles. The summed E-state index contributed by atoms with van der Waals surface area (Å²) in [5.41, 5.74) is 2.91. The van der Waals surface area contributed by atoms with Gasteiger partial charge < -0.3 is 14.8 Å². The van der Waals surface area contributed by atoms with E-state index in [9.17, 15) is 9.59 Å².